The Morgan fingerprint density at radius 1 is 1.20 bits per heavy atom. The summed E-state index contributed by atoms with van der Waals surface area (Å²) >= 11 is 3.51. The zero-order valence-corrected chi connectivity index (χ0v) is 13.3. The molecule has 0 bridgehead atoms. The summed E-state index contributed by atoms with van der Waals surface area (Å²) < 4.78 is 6.92. The van der Waals surface area contributed by atoms with Crippen LogP contribution in [0.25, 0.3) is 0 Å². The summed E-state index contributed by atoms with van der Waals surface area (Å²) in [4.78, 5) is 0. The van der Waals surface area contributed by atoms with Crippen LogP contribution in [0.4, 0.5) is 5.69 Å². The number of hydrogen-bond donors (Lipinski definition) is 1. The lowest BCUT2D eigenvalue weighted by Crippen LogP contribution is -2.29. The number of fused-ring (bicyclic) bond motifs is 1. The van der Waals surface area contributed by atoms with Crippen LogP contribution in [-0.2, 0) is 0 Å². The monoisotopic (exact) mass is 331 g/mol. The maximum Gasteiger partial charge on any atom is 0.124 e. The Kier molecular flexibility index (Phi) is 3.70. The topological polar surface area (TPSA) is 21.3 Å². The number of hydrogen-bond acceptors (Lipinski definition) is 2. The van der Waals surface area contributed by atoms with Gasteiger partial charge >= 0.3 is 0 Å². The Hall–Kier alpha value is -1.48. The van der Waals surface area contributed by atoms with E-state index in [-0.39, 0.29) is 0 Å². The van der Waals surface area contributed by atoms with Crippen LogP contribution in [0, 0.1) is 12.8 Å². The van der Waals surface area contributed by atoms with E-state index in [4.69, 9.17) is 4.74 Å². The first kappa shape index (κ1) is 13.5. The third kappa shape index (κ3) is 2.55. The normalized spacial score (nSPS) is 20.9. The molecular formula is C17H18BrNO. The van der Waals surface area contributed by atoms with E-state index in [9.17, 15) is 0 Å². The van der Waals surface area contributed by atoms with Gasteiger partial charge in [0.2, 0.25) is 0 Å². The molecule has 0 saturated carbocycles. The summed E-state index contributed by atoms with van der Waals surface area (Å²) in [7, 11) is 0. The molecule has 0 amide bonds. The zero-order chi connectivity index (χ0) is 14.1. The quantitative estimate of drug-likeness (QED) is 0.841. The molecule has 1 aliphatic heterocycles. The second kappa shape index (κ2) is 5.49. The van der Waals surface area contributed by atoms with Crippen molar-refractivity contribution in [1.29, 1.82) is 0 Å². The molecule has 2 nitrogen and oxygen atoms in total. The smallest absolute Gasteiger partial charge is 0.124 e. The molecule has 2 aromatic rings. The molecule has 0 aromatic heterocycles. The Labute approximate surface area is 128 Å². The van der Waals surface area contributed by atoms with Crippen molar-refractivity contribution < 1.29 is 4.74 Å². The minimum absolute atomic E-state index is 0.292. The van der Waals surface area contributed by atoms with Gasteiger partial charge in [-0.05, 0) is 36.8 Å². The number of ether oxygens (including phenoxy) is 1. The molecule has 3 heteroatoms. The van der Waals surface area contributed by atoms with E-state index in [1.165, 1.54) is 16.8 Å². The molecule has 20 heavy (non-hydrogen) atoms. The highest BCUT2D eigenvalue weighted by Crippen LogP contribution is 2.38. The Bertz CT molecular complexity index is 626. The minimum atomic E-state index is 0.292. The van der Waals surface area contributed by atoms with Crippen molar-refractivity contribution >= 4 is 21.6 Å². The Morgan fingerprint density at radius 2 is 2.00 bits per heavy atom. The summed E-state index contributed by atoms with van der Waals surface area (Å²) in [5.74, 6) is 1.44. The Balaban J connectivity index is 1.93. The van der Waals surface area contributed by atoms with Crippen LogP contribution in [0.5, 0.6) is 5.75 Å². The van der Waals surface area contributed by atoms with Gasteiger partial charge in [-0.25, -0.2) is 0 Å². The molecule has 3 rings (SSSR count). The van der Waals surface area contributed by atoms with Gasteiger partial charge in [0, 0.05) is 21.6 Å². The van der Waals surface area contributed by atoms with Crippen molar-refractivity contribution in [2.75, 3.05) is 11.9 Å². The number of nitrogens with one attached hydrogen (secondary N) is 1. The van der Waals surface area contributed by atoms with E-state index in [1.807, 2.05) is 12.1 Å². The van der Waals surface area contributed by atoms with Gasteiger partial charge in [-0.2, -0.15) is 0 Å². The largest absolute Gasteiger partial charge is 0.493 e. The summed E-state index contributed by atoms with van der Waals surface area (Å²) in [6.45, 7) is 5.11. The molecule has 1 aliphatic rings. The Morgan fingerprint density at radius 3 is 2.80 bits per heavy atom. The predicted octanol–water partition coefficient (Wildman–Crippen LogP) is 4.94. The van der Waals surface area contributed by atoms with E-state index >= 15 is 0 Å². The van der Waals surface area contributed by atoms with Crippen molar-refractivity contribution in [3.63, 3.8) is 0 Å². The minimum Gasteiger partial charge on any atom is -0.493 e. The number of aryl methyl sites for hydroxylation is 1. The van der Waals surface area contributed by atoms with Gasteiger partial charge in [0.25, 0.3) is 0 Å². The summed E-state index contributed by atoms with van der Waals surface area (Å²) in [6, 6.07) is 14.9. The number of rotatable bonds is 2. The van der Waals surface area contributed by atoms with E-state index < -0.39 is 0 Å². The fourth-order valence-electron chi connectivity index (χ4n) is 2.67. The van der Waals surface area contributed by atoms with Crippen molar-refractivity contribution in [1.82, 2.24) is 0 Å². The molecule has 0 aliphatic carbocycles. The van der Waals surface area contributed by atoms with E-state index in [2.05, 4.69) is 65.4 Å². The molecule has 1 heterocycles. The second-order valence-corrected chi connectivity index (χ2v) is 6.32. The van der Waals surface area contributed by atoms with E-state index in [0.717, 1.165) is 16.8 Å². The molecule has 1 N–H and O–H groups in total. The van der Waals surface area contributed by atoms with Crippen LogP contribution in [0.1, 0.15) is 24.1 Å². The van der Waals surface area contributed by atoms with Crippen molar-refractivity contribution in [3.8, 4) is 5.75 Å². The van der Waals surface area contributed by atoms with Gasteiger partial charge in [-0.1, -0.05) is 41.1 Å². The lowest BCUT2D eigenvalue weighted by atomic mass is 9.91. The highest BCUT2D eigenvalue weighted by molar-refractivity contribution is 9.10. The number of anilines is 1. The van der Waals surface area contributed by atoms with Gasteiger partial charge in [0.05, 0.1) is 12.6 Å². The molecule has 2 aromatic carbocycles. The van der Waals surface area contributed by atoms with E-state index in [1.54, 1.807) is 0 Å². The van der Waals surface area contributed by atoms with Crippen molar-refractivity contribution in [2.24, 2.45) is 5.92 Å². The first-order valence-corrected chi connectivity index (χ1v) is 7.69. The number of benzene rings is 2. The maximum atomic E-state index is 5.81. The first-order chi connectivity index (χ1) is 9.65. The molecule has 0 saturated heterocycles. The maximum absolute atomic E-state index is 5.81. The van der Waals surface area contributed by atoms with E-state index in [0.29, 0.717) is 12.0 Å². The van der Waals surface area contributed by atoms with Crippen LogP contribution in [-0.4, -0.2) is 6.61 Å². The molecule has 0 spiro atoms. The van der Waals surface area contributed by atoms with Gasteiger partial charge in [-0.3, -0.25) is 0 Å². The predicted molar refractivity (Wildman–Crippen MR) is 86.3 cm³/mol. The standard InChI is InChI=1S/C17H18BrNO/c1-11-9-13(18)7-8-15(11)19-17-12(2)10-20-16-6-4-3-5-14(16)17/h3-9,12,17,19H,10H2,1-2H3. The van der Waals surface area contributed by atoms with Crippen LogP contribution in [0.15, 0.2) is 46.9 Å². The van der Waals surface area contributed by atoms with Crippen molar-refractivity contribution in [3.05, 3.63) is 58.1 Å². The average Bonchev–Trinajstić information content (AvgIpc) is 2.44. The third-order valence-corrected chi connectivity index (χ3v) is 4.32. The van der Waals surface area contributed by atoms with Crippen LogP contribution >= 0.6 is 15.9 Å². The number of para-hydroxylation sites is 1. The lowest BCUT2D eigenvalue weighted by molar-refractivity contribution is 0.214. The second-order valence-electron chi connectivity index (χ2n) is 5.41. The highest BCUT2D eigenvalue weighted by Gasteiger charge is 2.27. The zero-order valence-electron chi connectivity index (χ0n) is 11.7. The lowest BCUT2D eigenvalue weighted by Gasteiger charge is -2.33. The van der Waals surface area contributed by atoms with Crippen molar-refractivity contribution in [2.45, 2.75) is 19.9 Å². The fourth-order valence-corrected chi connectivity index (χ4v) is 3.15. The highest BCUT2D eigenvalue weighted by atomic mass is 79.9. The average molecular weight is 332 g/mol. The molecular weight excluding hydrogens is 314 g/mol. The fraction of sp³-hybridized carbons (Fsp3) is 0.294. The molecule has 0 radical (unpaired) electrons. The summed E-state index contributed by atoms with van der Waals surface area (Å²) in [5, 5.41) is 3.68. The summed E-state index contributed by atoms with van der Waals surface area (Å²) in [5.41, 5.74) is 3.67. The van der Waals surface area contributed by atoms with Gasteiger partial charge in [0.1, 0.15) is 5.75 Å². The van der Waals surface area contributed by atoms with Crippen LogP contribution < -0.4 is 10.1 Å². The molecule has 104 valence electrons. The molecule has 0 fully saturated rings. The third-order valence-electron chi connectivity index (χ3n) is 3.82. The SMILES string of the molecule is Cc1cc(Br)ccc1NC1c2ccccc2OCC1C. The number of halogens is 1. The summed E-state index contributed by atoms with van der Waals surface area (Å²) in [6.07, 6.45) is 0. The molecule has 2 atom stereocenters. The van der Waals surface area contributed by atoms with Gasteiger partial charge < -0.3 is 10.1 Å². The van der Waals surface area contributed by atoms with Crippen LogP contribution in [0.3, 0.4) is 0 Å². The molecule has 2 unspecified atom stereocenters. The van der Waals surface area contributed by atoms with Crippen LogP contribution in [0.2, 0.25) is 0 Å². The van der Waals surface area contributed by atoms with Gasteiger partial charge in [-0.15, -0.1) is 0 Å². The first-order valence-electron chi connectivity index (χ1n) is 6.89. The van der Waals surface area contributed by atoms with Gasteiger partial charge in [0.15, 0.2) is 0 Å².